The standard InChI is InChI=1S/C20H23NO5/c1-13-5-4-6-14(9-13)10-15(20(23)24)12-21-19(22)17-11-16(25-2)7-8-18(17)26-3/h4-9,11,15H,10,12H2,1-3H3,(H,21,22)(H,23,24). The Morgan fingerprint density at radius 3 is 2.50 bits per heavy atom. The first kappa shape index (κ1) is 19.3. The minimum atomic E-state index is -0.954. The van der Waals surface area contributed by atoms with Crippen molar-refractivity contribution in [2.24, 2.45) is 5.92 Å². The number of rotatable bonds is 8. The lowest BCUT2D eigenvalue weighted by atomic mass is 9.98. The number of methoxy groups -OCH3 is 2. The fraction of sp³-hybridized carbons (Fsp3) is 0.300. The summed E-state index contributed by atoms with van der Waals surface area (Å²) in [6, 6.07) is 12.6. The van der Waals surface area contributed by atoms with E-state index in [1.54, 1.807) is 18.2 Å². The van der Waals surface area contributed by atoms with Crippen LogP contribution in [-0.4, -0.2) is 37.7 Å². The van der Waals surface area contributed by atoms with Gasteiger partial charge in [-0.15, -0.1) is 0 Å². The molecular formula is C20H23NO5. The molecule has 0 radical (unpaired) electrons. The first-order valence-electron chi connectivity index (χ1n) is 8.23. The van der Waals surface area contributed by atoms with Gasteiger partial charge >= 0.3 is 5.97 Å². The third-order valence-corrected chi connectivity index (χ3v) is 4.07. The molecule has 0 bridgehead atoms. The van der Waals surface area contributed by atoms with Crippen molar-refractivity contribution in [3.05, 3.63) is 59.2 Å². The van der Waals surface area contributed by atoms with Crippen molar-refractivity contribution in [3.8, 4) is 11.5 Å². The molecule has 2 N–H and O–H groups in total. The van der Waals surface area contributed by atoms with Gasteiger partial charge in [0.05, 0.1) is 25.7 Å². The number of amides is 1. The van der Waals surface area contributed by atoms with Crippen molar-refractivity contribution < 1.29 is 24.2 Å². The average molecular weight is 357 g/mol. The maximum Gasteiger partial charge on any atom is 0.308 e. The molecule has 1 amide bonds. The Morgan fingerprint density at radius 2 is 1.88 bits per heavy atom. The van der Waals surface area contributed by atoms with Crippen LogP contribution in [0, 0.1) is 12.8 Å². The molecule has 0 aromatic heterocycles. The number of carbonyl (C=O) groups is 2. The highest BCUT2D eigenvalue weighted by atomic mass is 16.5. The number of aryl methyl sites for hydroxylation is 1. The van der Waals surface area contributed by atoms with E-state index in [9.17, 15) is 14.7 Å². The van der Waals surface area contributed by atoms with E-state index in [0.717, 1.165) is 11.1 Å². The van der Waals surface area contributed by atoms with Crippen molar-refractivity contribution in [1.29, 1.82) is 0 Å². The van der Waals surface area contributed by atoms with Crippen LogP contribution in [0.5, 0.6) is 11.5 Å². The van der Waals surface area contributed by atoms with Crippen LogP contribution in [0.3, 0.4) is 0 Å². The predicted molar refractivity (Wildman–Crippen MR) is 97.9 cm³/mol. The van der Waals surface area contributed by atoms with Crippen LogP contribution in [0.1, 0.15) is 21.5 Å². The van der Waals surface area contributed by atoms with E-state index in [4.69, 9.17) is 9.47 Å². The topological polar surface area (TPSA) is 84.9 Å². The Bertz CT molecular complexity index is 788. The number of carbonyl (C=O) groups excluding carboxylic acids is 1. The lowest BCUT2D eigenvalue weighted by Gasteiger charge is -2.15. The van der Waals surface area contributed by atoms with Crippen molar-refractivity contribution >= 4 is 11.9 Å². The molecule has 0 aliphatic carbocycles. The molecule has 2 rings (SSSR count). The fourth-order valence-electron chi connectivity index (χ4n) is 2.67. The fourth-order valence-corrected chi connectivity index (χ4v) is 2.67. The van der Waals surface area contributed by atoms with Crippen LogP contribution >= 0.6 is 0 Å². The zero-order valence-electron chi connectivity index (χ0n) is 15.1. The molecule has 0 spiro atoms. The van der Waals surface area contributed by atoms with Gasteiger partial charge in [-0.25, -0.2) is 0 Å². The second kappa shape index (κ2) is 8.89. The van der Waals surface area contributed by atoms with E-state index in [1.165, 1.54) is 14.2 Å². The molecule has 6 nitrogen and oxygen atoms in total. The molecular weight excluding hydrogens is 334 g/mol. The molecule has 1 unspecified atom stereocenters. The molecule has 2 aromatic carbocycles. The second-order valence-electron chi connectivity index (χ2n) is 6.00. The number of nitrogens with one attached hydrogen (secondary N) is 1. The normalized spacial score (nSPS) is 11.5. The van der Waals surface area contributed by atoms with Crippen LogP contribution in [0.15, 0.2) is 42.5 Å². The monoisotopic (exact) mass is 357 g/mol. The summed E-state index contributed by atoms with van der Waals surface area (Å²) in [6.07, 6.45) is 0.340. The van der Waals surface area contributed by atoms with Gasteiger partial charge < -0.3 is 19.9 Å². The van der Waals surface area contributed by atoms with E-state index in [-0.39, 0.29) is 6.54 Å². The smallest absolute Gasteiger partial charge is 0.308 e. The van der Waals surface area contributed by atoms with E-state index >= 15 is 0 Å². The quantitative estimate of drug-likeness (QED) is 0.759. The molecule has 0 saturated heterocycles. The number of hydrogen-bond donors (Lipinski definition) is 2. The van der Waals surface area contributed by atoms with Crippen molar-refractivity contribution in [1.82, 2.24) is 5.32 Å². The molecule has 0 saturated carbocycles. The minimum absolute atomic E-state index is 0.0163. The molecule has 6 heteroatoms. The first-order valence-corrected chi connectivity index (χ1v) is 8.23. The SMILES string of the molecule is COc1ccc(OC)c(C(=O)NCC(Cc2cccc(C)c2)C(=O)O)c1. The lowest BCUT2D eigenvalue weighted by molar-refractivity contribution is -0.141. The molecule has 0 aliphatic heterocycles. The molecule has 0 aliphatic rings. The van der Waals surface area contributed by atoms with E-state index in [1.807, 2.05) is 31.2 Å². The number of aliphatic carboxylic acids is 1. The van der Waals surface area contributed by atoms with Crippen LogP contribution < -0.4 is 14.8 Å². The third kappa shape index (κ3) is 4.99. The third-order valence-electron chi connectivity index (χ3n) is 4.07. The maximum atomic E-state index is 12.5. The Morgan fingerprint density at radius 1 is 1.12 bits per heavy atom. The van der Waals surface area contributed by atoms with Gasteiger partial charge in [-0.1, -0.05) is 29.8 Å². The van der Waals surface area contributed by atoms with Gasteiger partial charge in [0.2, 0.25) is 0 Å². The predicted octanol–water partition coefficient (Wildman–Crippen LogP) is 2.69. The molecule has 1 atom stereocenters. The van der Waals surface area contributed by atoms with Crippen molar-refractivity contribution in [3.63, 3.8) is 0 Å². The summed E-state index contributed by atoms with van der Waals surface area (Å²) in [5.74, 6) is -1.17. The Kier molecular flexibility index (Phi) is 6.60. The molecule has 26 heavy (non-hydrogen) atoms. The molecule has 0 fully saturated rings. The number of benzene rings is 2. The van der Waals surface area contributed by atoms with Crippen LogP contribution in [0.25, 0.3) is 0 Å². The van der Waals surface area contributed by atoms with Gasteiger partial charge in [-0.2, -0.15) is 0 Å². The van der Waals surface area contributed by atoms with Crippen molar-refractivity contribution in [2.45, 2.75) is 13.3 Å². The summed E-state index contributed by atoms with van der Waals surface area (Å²) in [7, 11) is 2.97. The number of carboxylic acid groups (broad SMARTS) is 1. The summed E-state index contributed by atoms with van der Waals surface area (Å²) in [6.45, 7) is 1.97. The summed E-state index contributed by atoms with van der Waals surface area (Å²) >= 11 is 0. The Labute approximate surface area is 152 Å². The maximum absolute atomic E-state index is 12.5. The molecule has 0 heterocycles. The summed E-state index contributed by atoms with van der Waals surface area (Å²) in [5.41, 5.74) is 2.29. The van der Waals surface area contributed by atoms with Gasteiger partial charge in [0, 0.05) is 6.54 Å². The highest BCUT2D eigenvalue weighted by Gasteiger charge is 2.21. The van der Waals surface area contributed by atoms with Gasteiger partial charge in [0.1, 0.15) is 11.5 Å². The second-order valence-corrected chi connectivity index (χ2v) is 6.00. The van der Waals surface area contributed by atoms with E-state index in [0.29, 0.717) is 23.5 Å². The average Bonchev–Trinajstić information content (AvgIpc) is 2.64. The Hall–Kier alpha value is -3.02. The molecule has 138 valence electrons. The summed E-state index contributed by atoms with van der Waals surface area (Å²) in [5, 5.41) is 12.2. The van der Waals surface area contributed by atoms with Crippen molar-refractivity contribution in [2.75, 3.05) is 20.8 Å². The van der Waals surface area contributed by atoms with Crippen LogP contribution in [0.2, 0.25) is 0 Å². The van der Waals surface area contributed by atoms with E-state index in [2.05, 4.69) is 5.32 Å². The first-order chi connectivity index (χ1) is 12.4. The number of ether oxygens (including phenoxy) is 2. The highest BCUT2D eigenvalue weighted by molar-refractivity contribution is 5.97. The van der Waals surface area contributed by atoms with E-state index < -0.39 is 17.8 Å². The molecule has 2 aromatic rings. The van der Waals surface area contributed by atoms with Gasteiger partial charge in [-0.3, -0.25) is 9.59 Å². The summed E-state index contributed by atoms with van der Waals surface area (Å²) in [4.78, 5) is 24.1. The number of hydrogen-bond acceptors (Lipinski definition) is 4. The van der Waals surface area contributed by atoms with Gasteiger partial charge in [-0.05, 0) is 37.1 Å². The highest BCUT2D eigenvalue weighted by Crippen LogP contribution is 2.24. The van der Waals surface area contributed by atoms with Gasteiger partial charge in [0.25, 0.3) is 5.91 Å². The van der Waals surface area contributed by atoms with Crippen LogP contribution in [0.4, 0.5) is 0 Å². The zero-order chi connectivity index (χ0) is 19.1. The zero-order valence-corrected chi connectivity index (χ0v) is 15.1. The summed E-state index contributed by atoms with van der Waals surface area (Å²) < 4.78 is 10.3. The lowest BCUT2D eigenvalue weighted by Crippen LogP contribution is -2.34. The minimum Gasteiger partial charge on any atom is -0.497 e. The van der Waals surface area contributed by atoms with Crippen LogP contribution in [-0.2, 0) is 11.2 Å². The Balaban J connectivity index is 2.09. The number of carboxylic acids is 1. The van der Waals surface area contributed by atoms with Gasteiger partial charge in [0.15, 0.2) is 0 Å². The largest absolute Gasteiger partial charge is 0.497 e.